The summed E-state index contributed by atoms with van der Waals surface area (Å²) >= 11 is 0. The van der Waals surface area contributed by atoms with Gasteiger partial charge in [0.1, 0.15) is 6.04 Å². The Morgan fingerprint density at radius 2 is 2.31 bits per heavy atom. The van der Waals surface area contributed by atoms with E-state index in [9.17, 15) is 18.4 Å². The van der Waals surface area contributed by atoms with Crippen LogP contribution >= 0.6 is 0 Å². The Bertz CT molecular complexity index is 273. The van der Waals surface area contributed by atoms with Gasteiger partial charge < -0.3 is 15.3 Å². The zero-order chi connectivity index (χ0) is 12.1. The third-order valence-electron chi connectivity index (χ3n) is 2.33. The van der Waals surface area contributed by atoms with Crippen LogP contribution in [0.5, 0.6) is 0 Å². The van der Waals surface area contributed by atoms with Gasteiger partial charge in [-0.05, 0) is 6.42 Å². The second-order valence-electron chi connectivity index (χ2n) is 3.56. The molecule has 92 valence electrons. The molecule has 0 aromatic rings. The Morgan fingerprint density at radius 1 is 1.62 bits per heavy atom. The Kier molecular flexibility index (Phi) is 4.60. The number of amides is 2. The van der Waals surface area contributed by atoms with Crippen LogP contribution in [0.4, 0.5) is 8.78 Å². The van der Waals surface area contributed by atoms with Crippen molar-refractivity contribution in [3.8, 4) is 0 Å². The smallest absolute Gasteiger partial charge is 0.255 e. The van der Waals surface area contributed by atoms with E-state index >= 15 is 0 Å². The first-order chi connectivity index (χ1) is 7.54. The van der Waals surface area contributed by atoms with E-state index < -0.39 is 24.9 Å². The van der Waals surface area contributed by atoms with E-state index in [0.29, 0.717) is 6.42 Å². The maximum atomic E-state index is 12.2. The molecule has 1 heterocycles. The first-order valence-electron chi connectivity index (χ1n) is 5.01. The van der Waals surface area contributed by atoms with Gasteiger partial charge in [-0.25, -0.2) is 8.78 Å². The average molecular weight is 236 g/mol. The molecule has 1 aliphatic heterocycles. The molecule has 1 atom stereocenters. The van der Waals surface area contributed by atoms with E-state index in [1.165, 1.54) is 0 Å². The maximum Gasteiger partial charge on any atom is 0.255 e. The molecule has 1 rings (SSSR count). The van der Waals surface area contributed by atoms with Crippen molar-refractivity contribution in [2.24, 2.45) is 0 Å². The second kappa shape index (κ2) is 5.74. The molecule has 0 bridgehead atoms. The van der Waals surface area contributed by atoms with Crippen LogP contribution in [0.1, 0.15) is 12.8 Å². The largest absolute Gasteiger partial charge is 0.395 e. The zero-order valence-electron chi connectivity index (χ0n) is 8.66. The highest BCUT2D eigenvalue weighted by atomic mass is 19.3. The van der Waals surface area contributed by atoms with Crippen LogP contribution in [0.2, 0.25) is 0 Å². The summed E-state index contributed by atoms with van der Waals surface area (Å²) in [6.45, 7) is -1.24. The van der Waals surface area contributed by atoms with E-state index in [4.69, 9.17) is 5.11 Å². The molecule has 0 aromatic heterocycles. The van der Waals surface area contributed by atoms with Crippen molar-refractivity contribution in [2.45, 2.75) is 25.3 Å². The Labute approximate surface area is 91.4 Å². The lowest BCUT2D eigenvalue weighted by atomic mass is 10.2. The summed E-state index contributed by atoms with van der Waals surface area (Å²) in [6, 6.07) is -0.724. The molecule has 5 nitrogen and oxygen atoms in total. The van der Waals surface area contributed by atoms with Gasteiger partial charge in [-0.15, -0.1) is 0 Å². The van der Waals surface area contributed by atoms with E-state index in [2.05, 4.69) is 5.32 Å². The molecule has 2 amide bonds. The second-order valence-corrected chi connectivity index (χ2v) is 3.56. The SMILES string of the molecule is O=C1CCC(C(=O)N(CCO)CC(F)F)N1. The maximum absolute atomic E-state index is 12.2. The number of hydrogen-bond acceptors (Lipinski definition) is 3. The fourth-order valence-corrected chi connectivity index (χ4v) is 1.60. The fourth-order valence-electron chi connectivity index (χ4n) is 1.60. The molecule has 0 aromatic carbocycles. The highest BCUT2D eigenvalue weighted by molar-refractivity contribution is 5.90. The van der Waals surface area contributed by atoms with Crippen LogP contribution in [0, 0.1) is 0 Å². The van der Waals surface area contributed by atoms with Crippen LogP contribution in [-0.4, -0.2) is 54.0 Å². The summed E-state index contributed by atoms with van der Waals surface area (Å²) < 4.78 is 24.3. The molecule has 0 saturated carbocycles. The molecular weight excluding hydrogens is 222 g/mol. The van der Waals surface area contributed by atoms with Crippen molar-refractivity contribution in [2.75, 3.05) is 19.7 Å². The topological polar surface area (TPSA) is 69.6 Å². The summed E-state index contributed by atoms with van der Waals surface area (Å²) in [4.78, 5) is 23.4. The fraction of sp³-hybridized carbons (Fsp3) is 0.778. The van der Waals surface area contributed by atoms with Crippen molar-refractivity contribution in [1.82, 2.24) is 10.2 Å². The number of halogens is 2. The normalized spacial score (nSPS) is 20.0. The first-order valence-corrected chi connectivity index (χ1v) is 5.01. The molecule has 1 unspecified atom stereocenters. The molecule has 0 radical (unpaired) electrons. The van der Waals surface area contributed by atoms with Gasteiger partial charge in [0.05, 0.1) is 13.2 Å². The molecule has 1 aliphatic rings. The van der Waals surface area contributed by atoms with Crippen LogP contribution in [0.15, 0.2) is 0 Å². The lowest BCUT2D eigenvalue weighted by molar-refractivity contribution is -0.136. The van der Waals surface area contributed by atoms with Gasteiger partial charge in [-0.1, -0.05) is 0 Å². The molecular formula is C9H14F2N2O3. The summed E-state index contributed by atoms with van der Waals surface area (Å²) in [5.41, 5.74) is 0. The monoisotopic (exact) mass is 236 g/mol. The summed E-state index contributed by atoms with van der Waals surface area (Å²) in [7, 11) is 0. The van der Waals surface area contributed by atoms with Crippen LogP contribution < -0.4 is 5.32 Å². The van der Waals surface area contributed by atoms with Crippen LogP contribution in [-0.2, 0) is 9.59 Å². The van der Waals surface area contributed by atoms with Gasteiger partial charge in [0.25, 0.3) is 6.43 Å². The number of carbonyl (C=O) groups is 2. The minimum absolute atomic E-state index is 0.143. The van der Waals surface area contributed by atoms with Gasteiger partial charge >= 0.3 is 0 Å². The third kappa shape index (κ3) is 3.41. The van der Waals surface area contributed by atoms with Crippen molar-refractivity contribution in [3.05, 3.63) is 0 Å². The van der Waals surface area contributed by atoms with Gasteiger partial charge in [-0.3, -0.25) is 9.59 Å². The number of nitrogens with zero attached hydrogens (tertiary/aromatic N) is 1. The van der Waals surface area contributed by atoms with Crippen molar-refractivity contribution in [1.29, 1.82) is 0 Å². The Morgan fingerprint density at radius 3 is 2.75 bits per heavy atom. The van der Waals surface area contributed by atoms with E-state index in [1.54, 1.807) is 0 Å². The molecule has 7 heteroatoms. The highest BCUT2D eigenvalue weighted by Gasteiger charge is 2.31. The predicted octanol–water partition coefficient (Wildman–Crippen LogP) is -0.649. The number of aliphatic hydroxyl groups is 1. The van der Waals surface area contributed by atoms with E-state index in [-0.39, 0.29) is 25.5 Å². The minimum Gasteiger partial charge on any atom is -0.395 e. The quantitative estimate of drug-likeness (QED) is 0.666. The number of alkyl halides is 2. The lowest BCUT2D eigenvalue weighted by Crippen LogP contribution is -2.47. The van der Waals surface area contributed by atoms with Gasteiger partial charge in [0.15, 0.2) is 0 Å². The molecule has 16 heavy (non-hydrogen) atoms. The van der Waals surface area contributed by atoms with Crippen LogP contribution in [0.3, 0.4) is 0 Å². The van der Waals surface area contributed by atoms with Gasteiger partial charge in [-0.2, -0.15) is 0 Å². The van der Waals surface area contributed by atoms with Crippen molar-refractivity contribution < 1.29 is 23.5 Å². The molecule has 2 N–H and O–H groups in total. The van der Waals surface area contributed by atoms with Crippen molar-refractivity contribution in [3.63, 3.8) is 0 Å². The number of carbonyl (C=O) groups excluding carboxylic acids is 2. The minimum atomic E-state index is -2.65. The summed E-state index contributed by atoms with van der Waals surface area (Å²) in [5.74, 6) is -0.806. The lowest BCUT2D eigenvalue weighted by Gasteiger charge is -2.24. The standard InChI is InChI=1S/C9H14F2N2O3/c10-7(11)5-13(3-4-14)9(16)6-1-2-8(15)12-6/h6-7,14H,1-5H2,(H,12,15). The van der Waals surface area contributed by atoms with Crippen molar-refractivity contribution >= 4 is 11.8 Å². The Hall–Kier alpha value is -1.24. The average Bonchev–Trinajstić information content (AvgIpc) is 2.62. The summed E-state index contributed by atoms with van der Waals surface area (Å²) in [5, 5.41) is 11.1. The van der Waals surface area contributed by atoms with E-state index in [1.807, 2.05) is 0 Å². The highest BCUT2D eigenvalue weighted by Crippen LogP contribution is 2.10. The molecule has 1 saturated heterocycles. The van der Waals surface area contributed by atoms with Gasteiger partial charge in [0.2, 0.25) is 11.8 Å². The molecule has 0 aliphatic carbocycles. The summed E-state index contributed by atoms with van der Waals surface area (Å²) in [6.07, 6.45) is -2.09. The first kappa shape index (κ1) is 12.8. The third-order valence-corrected chi connectivity index (χ3v) is 2.33. The molecule has 1 fully saturated rings. The predicted molar refractivity (Wildman–Crippen MR) is 50.8 cm³/mol. The number of nitrogens with one attached hydrogen (secondary N) is 1. The zero-order valence-corrected chi connectivity index (χ0v) is 8.66. The molecule has 0 spiro atoms. The van der Waals surface area contributed by atoms with Gasteiger partial charge in [0, 0.05) is 13.0 Å². The Balaban J connectivity index is 2.55. The van der Waals surface area contributed by atoms with Crippen LogP contribution in [0.25, 0.3) is 0 Å². The number of aliphatic hydroxyl groups excluding tert-OH is 1. The number of hydrogen-bond donors (Lipinski definition) is 2. The number of rotatable bonds is 5. The van der Waals surface area contributed by atoms with E-state index in [0.717, 1.165) is 4.90 Å².